The normalized spacial score (nSPS) is 10.8. The maximum Gasteiger partial charge on any atom is 0.277 e. The molecule has 1 amide bonds. The van der Waals surface area contributed by atoms with Gasteiger partial charge in [0.15, 0.2) is 6.61 Å². The van der Waals surface area contributed by atoms with Crippen molar-refractivity contribution in [1.29, 1.82) is 0 Å². The molecule has 0 bridgehead atoms. The first-order chi connectivity index (χ1) is 11.7. The van der Waals surface area contributed by atoms with Crippen molar-refractivity contribution in [1.82, 2.24) is 5.43 Å². The Morgan fingerprint density at radius 2 is 1.71 bits per heavy atom. The molecule has 0 radical (unpaired) electrons. The predicted octanol–water partition coefficient (Wildman–Crippen LogP) is 3.73. The van der Waals surface area contributed by atoms with Crippen LogP contribution in [0.1, 0.15) is 37.0 Å². The molecule has 0 unspecified atom stereocenters. The minimum Gasteiger partial charge on any atom is -0.484 e. The number of hydrogen-bond donors (Lipinski definition) is 1. The molecule has 0 heterocycles. The van der Waals surface area contributed by atoms with E-state index in [0.717, 1.165) is 24.8 Å². The number of benzene rings is 2. The summed E-state index contributed by atoms with van der Waals surface area (Å²) in [6.45, 7) is 4.20. The van der Waals surface area contributed by atoms with Gasteiger partial charge in [-0.25, -0.2) is 5.43 Å². The van der Waals surface area contributed by atoms with Crippen LogP contribution in [0.3, 0.4) is 0 Å². The summed E-state index contributed by atoms with van der Waals surface area (Å²) in [6.07, 6.45) is 4.79. The zero-order valence-electron chi connectivity index (χ0n) is 14.3. The molecule has 0 saturated carbocycles. The van der Waals surface area contributed by atoms with Crippen molar-refractivity contribution in [2.45, 2.75) is 33.1 Å². The lowest BCUT2D eigenvalue weighted by Crippen LogP contribution is -2.24. The fraction of sp³-hybridized carbons (Fsp3) is 0.300. The Balaban J connectivity index is 1.75. The number of nitrogens with zero attached hydrogens (tertiary/aromatic N) is 1. The Bertz CT molecular complexity index is 661. The zero-order valence-corrected chi connectivity index (χ0v) is 14.3. The highest BCUT2D eigenvalue weighted by molar-refractivity contribution is 5.82. The van der Waals surface area contributed by atoms with Crippen LogP contribution in [0.2, 0.25) is 0 Å². The molecule has 4 nitrogen and oxygen atoms in total. The van der Waals surface area contributed by atoms with E-state index >= 15 is 0 Å². The molecule has 0 fully saturated rings. The topological polar surface area (TPSA) is 50.7 Å². The van der Waals surface area contributed by atoms with Gasteiger partial charge in [-0.1, -0.05) is 56.7 Å². The van der Waals surface area contributed by atoms with Crippen molar-refractivity contribution < 1.29 is 9.53 Å². The van der Waals surface area contributed by atoms with Crippen LogP contribution in [0, 0.1) is 0 Å². The van der Waals surface area contributed by atoms with Crippen LogP contribution in [0.25, 0.3) is 0 Å². The molecule has 0 aromatic heterocycles. The summed E-state index contributed by atoms with van der Waals surface area (Å²) in [5.41, 5.74) is 5.96. The number of aryl methyl sites for hydroxylation is 2. The first-order valence-corrected chi connectivity index (χ1v) is 8.34. The minimum absolute atomic E-state index is 0.0563. The van der Waals surface area contributed by atoms with Gasteiger partial charge in [0.2, 0.25) is 0 Å². The highest BCUT2D eigenvalue weighted by Crippen LogP contribution is 2.13. The van der Waals surface area contributed by atoms with Gasteiger partial charge in [-0.3, -0.25) is 4.79 Å². The molecule has 2 rings (SSSR count). The molecule has 126 valence electrons. The largest absolute Gasteiger partial charge is 0.484 e. The highest BCUT2D eigenvalue weighted by Gasteiger charge is 2.01. The molecule has 0 spiro atoms. The maximum atomic E-state index is 11.7. The van der Waals surface area contributed by atoms with Gasteiger partial charge in [0, 0.05) is 0 Å². The van der Waals surface area contributed by atoms with Crippen molar-refractivity contribution in [2.24, 2.45) is 5.10 Å². The van der Waals surface area contributed by atoms with Crippen LogP contribution in [-0.4, -0.2) is 18.7 Å². The Morgan fingerprint density at radius 1 is 1.04 bits per heavy atom. The lowest BCUT2D eigenvalue weighted by atomic mass is 10.1. The molecular weight excluding hydrogens is 300 g/mol. The molecule has 24 heavy (non-hydrogen) atoms. The molecule has 0 aliphatic carbocycles. The molecule has 0 saturated heterocycles. The van der Waals surface area contributed by atoms with Crippen LogP contribution >= 0.6 is 0 Å². The maximum absolute atomic E-state index is 11.7. The monoisotopic (exact) mass is 324 g/mol. The summed E-state index contributed by atoms with van der Waals surface area (Å²) in [7, 11) is 0. The van der Waals surface area contributed by atoms with E-state index in [4.69, 9.17) is 4.74 Å². The second-order valence-electron chi connectivity index (χ2n) is 5.57. The van der Waals surface area contributed by atoms with Gasteiger partial charge < -0.3 is 4.74 Å². The molecule has 0 aliphatic rings. The van der Waals surface area contributed by atoms with E-state index in [1.165, 1.54) is 11.1 Å². The number of nitrogens with one attached hydrogen (secondary N) is 1. The summed E-state index contributed by atoms with van der Waals surface area (Å²) in [5.74, 6) is 0.401. The second kappa shape index (κ2) is 9.50. The van der Waals surface area contributed by atoms with Crippen molar-refractivity contribution in [3.05, 3.63) is 65.2 Å². The van der Waals surface area contributed by atoms with E-state index < -0.39 is 0 Å². The summed E-state index contributed by atoms with van der Waals surface area (Å²) in [6, 6.07) is 15.9. The number of amides is 1. The number of carbonyl (C=O) groups excluding carboxylic acids is 1. The molecule has 0 aliphatic heterocycles. The third-order valence-corrected chi connectivity index (χ3v) is 3.62. The van der Waals surface area contributed by atoms with E-state index in [1.54, 1.807) is 6.21 Å². The fourth-order valence-electron chi connectivity index (χ4n) is 2.24. The van der Waals surface area contributed by atoms with Crippen molar-refractivity contribution in [2.75, 3.05) is 6.61 Å². The van der Waals surface area contributed by atoms with Gasteiger partial charge in [0.1, 0.15) is 5.75 Å². The molecule has 2 aromatic carbocycles. The van der Waals surface area contributed by atoms with Crippen LogP contribution < -0.4 is 10.2 Å². The second-order valence-corrected chi connectivity index (χ2v) is 5.57. The zero-order chi connectivity index (χ0) is 17.2. The van der Waals surface area contributed by atoms with Crippen molar-refractivity contribution >= 4 is 12.1 Å². The van der Waals surface area contributed by atoms with Crippen LogP contribution in [-0.2, 0) is 17.6 Å². The molecular formula is C20H24N2O2. The smallest absolute Gasteiger partial charge is 0.277 e. The Morgan fingerprint density at radius 3 is 2.33 bits per heavy atom. The van der Waals surface area contributed by atoms with Gasteiger partial charge >= 0.3 is 0 Å². The third kappa shape index (κ3) is 5.88. The lowest BCUT2D eigenvalue weighted by Gasteiger charge is -2.06. The standard InChI is InChI=1S/C20H24N2O2/c1-3-5-17-10-12-19(13-11-17)24-15-20(23)22-21-14-18-8-6-16(4-2)7-9-18/h6-14H,3-5,15H2,1-2H3,(H,22,23)/b21-14+. The van der Waals surface area contributed by atoms with E-state index in [1.807, 2.05) is 36.4 Å². The quantitative estimate of drug-likeness (QED) is 0.594. The van der Waals surface area contributed by atoms with Gasteiger partial charge in [0.05, 0.1) is 6.21 Å². The first kappa shape index (κ1) is 17.7. The highest BCUT2D eigenvalue weighted by atomic mass is 16.5. The Labute approximate surface area is 143 Å². The summed E-state index contributed by atoms with van der Waals surface area (Å²) >= 11 is 0. The van der Waals surface area contributed by atoms with E-state index in [9.17, 15) is 4.79 Å². The van der Waals surface area contributed by atoms with E-state index in [-0.39, 0.29) is 12.5 Å². The lowest BCUT2D eigenvalue weighted by molar-refractivity contribution is -0.123. The summed E-state index contributed by atoms with van der Waals surface area (Å²) < 4.78 is 5.45. The van der Waals surface area contributed by atoms with Crippen LogP contribution in [0.15, 0.2) is 53.6 Å². The van der Waals surface area contributed by atoms with Gasteiger partial charge in [-0.2, -0.15) is 5.10 Å². The Kier molecular flexibility index (Phi) is 7.02. The molecule has 1 N–H and O–H groups in total. The van der Waals surface area contributed by atoms with Gasteiger partial charge in [-0.05, 0) is 41.7 Å². The van der Waals surface area contributed by atoms with Crippen LogP contribution in [0.5, 0.6) is 5.75 Å². The van der Waals surface area contributed by atoms with Gasteiger partial charge in [0.25, 0.3) is 5.91 Å². The molecule has 2 aromatic rings. The Hall–Kier alpha value is -2.62. The molecule has 4 heteroatoms. The van der Waals surface area contributed by atoms with E-state index in [0.29, 0.717) is 5.75 Å². The summed E-state index contributed by atoms with van der Waals surface area (Å²) in [5, 5.41) is 3.94. The third-order valence-electron chi connectivity index (χ3n) is 3.62. The van der Waals surface area contributed by atoms with E-state index in [2.05, 4.69) is 36.5 Å². The number of ether oxygens (including phenoxy) is 1. The minimum atomic E-state index is -0.283. The summed E-state index contributed by atoms with van der Waals surface area (Å²) in [4.78, 5) is 11.7. The SMILES string of the molecule is CCCc1ccc(OCC(=O)N/N=C/c2ccc(CC)cc2)cc1. The van der Waals surface area contributed by atoms with Crippen molar-refractivity contribution in [3.8, 4) is 5.75 Å². The average Bonchev–Trinajstić information content (AvgIpc) is 2.62. The average molecular weight is 324 g/mol. The van der Waals surface area contributed by atoms with Crippen LogP contribution in [0.4, 0.5) is 0 Å². The fourth-order valence-corrected chi connectivity index (χ4v) is 2.24. The molecule has 0 atom stereocenters. The van der Waals surface area contributed by atoms with Gasteiger partial charge in [-0.15, -0.1) is 0 Å². The predicted molar refractivity (Wildman–Crippen MR) is 97.5 cm³/mol. The number of hydrogen-bond acceptors (Lipinski definition) is 3. The first-order valence-electron chi connectivity index (χ1n) is 8.34. The van der Waals surface area contributed by atoms with Crippen molar-refractivity contribution in [3.63, 3.8) is 0 Å². The number of hydrazone groups is 1. The number of rotatable bonds is 8. The number of carbonyl (C=O) groups is 1.